The third-order valence-electron chi connectivity index (χ3n) is 3.77. The van der Waals surface area contributed by atoms with Crippen LogP contribution in [0.3, 0.4) is 0 Å². The molecule has 0 saturated carbocycles. The van der Waals surface area contributed by atoms with Gasteiger partial charge in [-0.05, 0) is 29.8 Å². The molecule has 3 heterocycles. The van der Waals surface area contributed by atoms with Crippen molar-refractivity contribution in [3.63, 3.8) is 0 Å². The minimum absolute atomic E-state index is 0.130. The second-order valence-electron chi connectivity index (χ2n) is 5.57. The van der Waals surface area contributed by atoms with Crippen molar-refractivity contribution in [3.8, 4) is 22.8 Å². The quantitative estimate of drug-likeness (QED) is 0.769. The molecule has 0 fully saturated rings. The van der Waals surface area contributed by atoms with Crippen LogP contribution in [-0.4, -0.2) is 22.8 Å². The lowest BCUT2D eigenvalue weighted by Gasteiger charge is -2.03. The smallest absolute Gasteiger partial charge is 0.231 e. The van der Waals surface area contributed by atoms with Crippen LogP contribution in [0.25, 0.3) is 11.3 Å². The maximum Gasteiger partial charge on any atom is 0.231 e. The summed E-state index contributed by atoms with van der Waals surface area (Å²) >= 11 is 0. The number of pyridine rings is 1. The van der Waals surface area contributed by atoms with Crippen LogP contribution >= 0.6 is 0 Å². The SMILES string of the molecule is O=C(Cc1cc(-c2ccc3c(c2)OCO3)on1)NCc1cccnc1. The second-order valence-corrected chi connectivity index (χ2v) is 5.57. The van der Waals surface area contributed by atoms with Gasteiger partial charge in [-0.25, -0.2) is 0 Å². The molecule has 25 heavy (non-hydrogen) atoms. The van der Waals surface area contributed by atoms with Gasteiger partial charge in [0.2, 0.25) is 12.7 Å². The van der Waals surface area contributed by atoms with E-state index < -0.39 is 0 Å². The van der Waals surface area contributed by atoms with Crippen molar-refractivity contribution in [2.24, 2.45) is 0 Å². The van der Waals surface area contributed by atoms with E-state index in [1.165, 1.54) is 0 Å². The average Bonchev–Trinajstić information content (AvgIpc) is 3.29. The van der Waals surface area contributed by atoms with Crippen molar-refractivity contribution in [1.29, 1.82) is 0 Å². The summed E-state index contributed by atoms with van der Waals surface area (Å²) in [6.07, 6.45) is 3.56. The number of rotatable bonds is 5. The zero-order valence-electron chi connectivity index (χ0n) is 13.3. The molecule has 126 valence electrons. The van der Waals surface area contributed by atoms with E-state index in [-0.39, 0.29) is 19.1 Å². The van der Waals surface area contributed by atoms with Gasteiger partial charge in [-0.1, -0.05) is 11.2 Å². The summed E-state index contributed by atoms with van der Waals surface area (Å²) in [5.74, 6) is 1.82. The topological polar surface area (TPSA) is 86.5 Å². The van der Waals surface area contributed by atoms with Crippen LogP contribution in [0.1, 0.15) is 11.3 Å². The molecule has 7 heteroatoms. The summed E-state index contributed by atoms with van der Waals surface area (Å²) in [6.45, 7) is 0.650. The zero-order valence-corrected chi connectivity index (χ0v) is 13.3. The molecule has 0 bridgehead atoms. The molecule has 1 aliphatic rings. The van der Waals surface area contributed by atoms with Crippen LogP contribution in [0.2, 0.25) is 0 Å². The first-order valence-corrected chi connectivity index (χ1v) is 7.79. The molecule has 1 aromatic carbocycles. The van der Waals surface area contributed by atoms with E-state index in [2.05, 4.69) is 15.5 Å². The fourth-order valence-corrected chi connectivity index (χ4v) is 2.51. The van der Waals surface area contributed by atoms with Crippen LogP contribution in [0.5, 0.6) is 11.5 Å². The molecule has 0 spiro atoms. The van der Waals surface area contributed by atoms with E-state index in [1.54, 1.807) is 18.5 Å². The van der Waals surface area contributed by atoms with E-state index in [4.69, 9.17) is 14.0 Å². The molecule has 0 atom stereocenters. The lowest BCUT2D eigenvalue weighted by atomic mass is 10.1. The number of hydrogen-bond acceptors (Lipinski definition) is 6. The maximum absolute atomic E-state index is 12.0. The Balaban J connectivity index is 1.39. The highest BCUT2D eigenvalue weighted by molar-refractivity contribution is 5.78. The molecular weight excluding hydrogens is 322 g/mol. The van der Waals surface area contributed by atoms with Crippen LogP contribution < -0.4 is 14.8 Å². The van der Waals surface area contributed by atoms with Crippen molar-refractivity contribution in [3.05, 3.63) is 60.0 Å². The van der Waals surface area contributed by atoms with Gasteiger partial charge in [-0.15, -0.1) is 0 Å². The minimum atomic E-state index is -0.130. The van der Waals surface area contributed by atoms with E-state index >= 15 is 0 Å². The van der Waals surface area contributed by atoms with Crippen LogP contribution in [-0.2, 0) is 17.8 Å². The van der Waals surface area contributed by atoms with Crippen molar-refractivity contribution in [1.82, 2.24) is 15.5 Å². The molecule has 2 aromatic heterocycles. The number of nitrogens with zero attached hydrogens (tertiary/aromatic N) is 2. The van der Waals surface area contributed by atoms with Crippen LogP contribution in [0.15, 0.2) is 53.3 Å². The van der Waals surface area contributed by atoms with Gasteiger partial charge in [0.15, 0.2) is 17.3 Å². The number of carbonyl (C=O) groups excluding carboxylic acids is 1. The number of ether oxygens (including phenoxy) is 2. The summed E-state index contributed by atoms with van der Waals surface area (Å²) in [6, 6.07) is 11.0. The first-order chi connectivity index (χ1) is 12.3. The Bertz CT molecular complexity index is 892. The first kappa shape index (κ1) is 15.2. The van der Waals surface area contributed by atoms with E-state index in [0.29, 0.717) is 29.5 Å². The average molecular weight is 337 g/mol. The zero-order chi connectivity index (χ0) is 17.1. The van der Waals surface area contributed by atoms with E-state index in [0.717, 1.165) is 11.1 Å². The van der Waals surface area contributed by atoms with Crippen molar-refractivity contribution in [2.45, 2.75) is 13.0 Å². The Morgan fingerprint density at radius 1 is 1.16 bits per heavy atom. The predicted molar refractivity (Wildman–Crippen MR) is 87.8 cm³/mol. The molecule has 0 saturated heterocycles. The molecule has 1 N–H and O–H groups in total. The summed E-state index contributed by atoms with van der Waals surface area (Å²) in [7, 11) is 0. The van der Waals surface area contributed by atoms with Crippen molar-refractivity contribution < 1.29 is 18.8 Å². The van der Waals surface area contributed by atoms with Gasteiger partial charge in [0.05, 0.1) is 12.1 Å². The van der Waals surface area contributed by atoms with E-state index in [9.17, 15) is 4.79 Å². The maximum atomic E-state index is 12.0. The van der Waals surface area contributed by atoms with Gasteiger partial charge in [0, 0.05) is 30.6 Å². The standard InChI is InChI=1S/C18H15N3O4/c22-18(20-10-12-2-1-5-19-9-12)8-14-7-16(25-21-14)13-3-4-15-17(6-13)24-11-23-15/h1-7,9H,8,10-11H2,(H,20,22). The number of carbonyl (C=O) groups is 1. The van der Waals surface area contributed by atoms with Gasteiger partial charge >= 0.3 is 0 Å². The lowest BCUT2D eigenvalue weighted by Crippen LogP contribution is -2.24. The fraction of sp³-hybridized carbons (Fsp3) is 0.167. The fourth-order valence-electron chi connectivity index (χ4n) is 2.51. The molecular formula is C18H15N3O4. The van der Waals surface area contributed by atoms with Gasteiger partial charge in [0.25, 0.3) is 0 Å². The summed E-state index contributed by atoms with van der Waals surface area (Å²) in [5.41, 5.74) is 2.33. The number of aromatic nitrogens is 2. The Kier molecular flexibility index (Phi) is 4.04. The van der Waals surface area contributed by atoms with Crippen molar-refractivity contribution in [2.75, 3.05) is 6.79 Å². The number of nitrogens with one attached hydrogen (secondary N) is 1. The molecule has 0 aliphatic carbocycles. The highest BCUT2D eigenvalue weighted by atomic mass is 16.7. The first-order valence-electron chi connectivity index (χ1n) is 7.79. The summed E-state index contributed by atoms with van der Waals surface area (Å²) in [5, 5.41) is 6.79. The monoisotopic (exact) mass is 337 g/mol. The Morgan fingerprint density at radius 2 is 2.08 bits per heavy atom. The predicted octanol–water partition coefficient (Wildman–Crippen LogP) is 2.32. The number of benzene rings is 1. The molecule has 7 nitrogen and oxygen atoms in total. The van der Waals surface area contributed by atoms with Crippen LogP contribution in [0.4, 0.5) is 0 Å². The molecule has 1 aliphatic heterocycles. The van der Waals surface area contributed by atoms with Crippen LogP contribution in [0, 0.1) is 0 Å². The lowest BCUT2D eigenvalue weighted by molar-refractivity contribution is -0.120. The Hall–Kier alpha value is -3.35. The summed E-state index contributed by atoms with van der Waals surface area (Å²) in [4.78, 5) is 16.0. The minimum Gasteiger partial charge on any atom is -0.454 e. The van der Waals surface area contributed by atoms with Gasteiger partial charge in [-0.3, -0.25) is 9.78 Å². The normalized spacial score (nSPS) is 12.2. The third kappa shape index (κ3) is 3.45. The molecule has 3 aromatic rings. The Labute approximate surface area is 143 Å². The number of hydrogen-bond donors (Lipinski definition) is 1. The van der Waals surface area contributed by atoms with E-state index in [1.807, 2.05) is 30.3 Å². The second kappa shape index (κ2) is 6.64. The Morgan fingerprint density at radius 3 is 2.96 bits per heavy atom. The van der Waals surface area contributed by atoms with Crippen molar-refractivity contribution >= 4 is 5.91 Å². The number of amides is 1. The highest BCUT2D eigenvalue weighted by Gasteiger charge is 2.16. The molecule has 1 amide bonds. The van der Waals surface area contributed by atoms with Gasteiger partial charge in [-0.2, -0.15) is 0 Å². The molecule has 0 unspecified atom stereocenters. The largest absolute Gasteiger partial charge is 0.454 e. The summed E-state index contributed by atoms with van der Waals surface area (Å²) < 4.78 is 16.0. The van der Waals surface area contributed by atoms with Gasteiger partial charge < -0.3 is 19.3 Å². The molecule has 0 radical (unpaired) electrons. The third-order valence-corrected chi connectivity index (χ3v) is 3.77. The molecule has 4 rings (SSSR count). The number of fused-ring (bicyclic) bond motifs is 1. The highest BCUT2D eigenvalue weighted by Crippen LogP contribution is 2.36. The van der Waals surface area contributed by atoms with Gasteiger partial charge in [0.1, 0.15) is 0 Å².